The number of nitrogens with one attached hydrogen (secondary N) is 1. The molecule has 2 aliphatic rings. The minimum Gasteiger partial charge on any atom is -0.352 e. The van der Waals surface area contributed by atoms with Crippen LogP contribution in [0.2, 0.25) is 0 Å². The van der Waals surface area contributed by atoms with Gasteiger partial charge in [-0.15, -0.1) is 0 Å². The maximum Gasteiger partial charge on any atom is 0.241 e. The normalized spacial score (nSPS) is 25.7. The number of rotatable bonds is 5. The zero-order valence-electron chi connectivity index (χ0n) is 14.6. The molecule has 2 fully saturated rings. The van der Waals surface area contributed by atoms with Gasteiger partial charge in [-0.1, -0.05) is 12.5 Å². The van der Waals surface area contributed by atoms with E-state index < -0.39 is 10.0 Å². The van der Waals surface area contributed by atoms with Crippen LogP contribution in [0.4, 0.5) is 5.69 Å². The van der Waals surface area contributed by atoms with E-state index in [-0.39, 0.29) is 18.5 Å². The summed E-state index contributed by atoms with van der Waals surface area (Å²) < 4.78 is 25.6. The number of sulfonamides is 1. The molecule has 2 bridgehead atoms. The van der Waals surface area contributed by atoms with Gasteiger partial charge in [0.1, 0.15) is 6.54 Å². The van der Waals surface area contributed by atoms with Crippen molar-refractivity contribution in [2.24, 2.45) is 11.8 Å². The molecule has 0 saturated heterocycles. The Morgan fingerprint density at radius 1 is 1.17 bits per heavy atom. The van der Waals surface area contributed by atoms with Gasteiger partial charge in [-0.3, -0.25) is 9.10 Å². The first kappa shape index (κ1) is 17.3. The molecule has 1 amide bonds. The van der Waals surface area contributed by atoms with Crippen LogP contribution in [-0.4, -0.2) is 33.2 Å². The fourth-order valence-electron chi connectivity index (χ4n) is 4.30. The largest absolute Gasteiger partial charge is 0.352 e. The number of carbonyl (C=O) groups excluding carboxylic acids is 1. The van der Waals surface area contributed by atoms with Crippen LogP contribution in [0.3, 0.4) is 0 Å². The van der Waals surface area contributed by atoms with Gasteiger partial charge in [-0.05, 0) is 68.2 Å². The molecular formula is C18H26N2O3S. The predicted octanol–water partition coefficient (Wildman–Crippen LogP) is 2.37. The van der Waals surface area contributed by atoms with Crippen molar-refractivity contribution >= 4 is 21.6 Å². The molecule has 132 valence electrons. The maximum absolute atomic E-state index is 12.5. The molecule has 24 heavy (non-hydrogen) atoms. The van der Waals surface area contributed by atoms with E-state index in [1.54, 1.807) is 12.1 Å². The lowest BCUT2D eigenvalue weighted by Crippen LogP contribution is -2.45. The molecule has 3 atom stereocenters. The Hall–Kier alpha value is -1.56. The van der Waals surface area contributed by atoms with Gasteiger partial charge in [0, 0.05) is 6.04 Å². The average molecular weight is 350 g/mol. The third kappa shape index (κ3) is 3.74. The van der Waals surface area contributed by atoms with Gasteiger partial charge in [-0.25, -0.2) is 8.42 Å². The fourth-order valence-corrected chi connectivity index (χ4v) is 5.14. The van der Waals surface area contributed by atoms with Crippen LogP contribution in [0.5, 0.6) is 0 Å². The lowest BCUT2D eigenvalue weighted by atomic mass is 9.95. The van der Waals surface area contributed by atoms with Gasteiger partial charge in [0.15, 0.2) is 0 Å². The SMILES string of the molecule is Cc1cc(C)cc(N(CC(=O)N[C@@H]2C[C@@H]3CC[C@@H]2C3)S(C)(=O)=O)c1. The molecule has 5 nitrogen and oxygen atoms in total. The van der Waals surface area contributed by atoms with Gasteiger partial charge < -0.3 is 5.32 Å². The molecule has 2 aliphatic carbocycles. The molecule has 0 aromatic heterocycles. The lowest BCUT2D eigenvalue weighted by molar-refractivity contribution is -0.120. The molecule has 0 aliphatic heterocycles. The highest BCUT2D eigenvalue weighted by Gasteiger charge is 2.40. The standard InChI is InChI=1S/C18H26N2O3S/c1-12-6-13(2)8-16(7-12)20(24(3,22)23)11-18(21)19-17-10-14-4-5-15(17)9-14/h6-8,14-15,17H,4-5,9-11H2,1-3H3,(H,19,21)/t14-,15-,17-/m1/s1. The summed E-state index contributed by atoms with van der Waals surface area (Å²) >= 11 is 0. The van der Waals surface area contributed by atoms with Crippen molar-refractivity contribution < 1.29 is 13.2 Å². The first-order valence-corrected chi connectivity index (χ1v) is 10.4. The summed E-state index contributed by atoms with van der Waals surface area (Å²) in [5, 5.41) is 3.07. The first-order chi connectivity index (χ1) is 11.2. The zero-order chi connectivity index (χ0) is 17.5. The topological polar surface area (TPSA) is 66.5 Å². The van der Waals surface area contributed by atoms with E-state index in [9.17, 15) is 13.2 Å². The number of amides is 1. The summed E-state index contributed by atoms with van der Waals surface area (Å²) in [6.45, 7) is 3.69. The molecule has 0 radical (unpaired) electrons. The molecule has 1 N–H and O–H groups in total. The Kier molecular flexibility index (Phi) is 4.60. The van der Waals surface area contributed by atoms with Crippen LogP contribution < -0.4 is 9.62 Å². The maximum atomic E-state index is 12.5. The van der Waals surface area contributed by atoms with E-state index in [1.165, 1.54) is 23.6 Å². The van der Waals surface area contributed by atoms with Crippen molar-refractivity contribution in [3.05, 3.63) is 29.3 Å². The molecule has 0 spiro atoms. The number of nitrogens with zero attached hydrogens (tertiary/aromatic N) is 1. The van der Waals surface area contributed by atoms with Gasteiger partial charge in [0.2, 0.25) is 15.9 Å². The molecular weight excluding hydrogens is 324 g/mol. The third-order valence-corrected chi connectivity index (χ3v) is 6.41. The van der Waals surface area contributed by atoms with Crippen molar-refractivity contribution in [3.63, 3.8) is 0 Å². The summed E-state index contributed by atoms with van der Waals surface area (Å²) in [7, 11) is -3.52. The molecule has 3 rings (SSSR count). The van der Waals surface area contributed by atoms with E-state index in [0.717, 1.165) is 29.7 Å². The molecule has 0 heterocycles. The molecule has 0 unspecified atom stereocenters. The van der Waals surface area contributed by atoms with Gasteiger partial charge in [-0.2, -0.15) is 0 Å². The number of aryl methyl sites for hydroxylation is 2. The Labute approximate surface area is 144 Å². The Morgan fingerprint density at radius 3 is 2.33 bits per heavy atom. The summed E-state index contributed by atoms with van der Waals surface area (Å²) in [5.74, 6) is 1.11. The zero-order valence-corrected chi connectivity index (χ0v) is 15.4. The fraction of sp³-hybridized carbons (Fsp3) is 0.611. The number of hydrogen-bond acceptors (Lipinski definition) is 3. The van der Waals surface area contributed by atoms with E-state index in [0.29, 0.717) is 11.6 Å². The smallest absolute Gasteiger partial charge is 0.241 e. The van der Waals surface area contributed by atoms with Crippen molar-refractivity contribution in [1.82, 2.24) is 5.32 Å². The van der Waals surface area contributed by atoms with E-state index >= 15 is 0 Å². The quantitative estimate of drug-likeness (QED) is 0.886. The highest BCUT2D eigenvalue weighted by Crippen LogP contribution is 2.44. The predicted molar refractivity (Wildman–Crippen MR) is 95.5 cm³/mol. The minimum atomic E-state index is -3.52. The minimum absolute atomic E-state index is 0.157. The van der Waals surface area contributed by atoms with Crippen molar-refractivity contribution in [3.8, 4) is 0 Å². The van der Waals surface area contributed by atoms with Crippen LogP contribution in [0.25, 0.3) is 0 Å². The van der Waals surface area contributed by atoms with Crippen LogP contribution in [0, 0.1) is 25.7 Å². The van der Waals surface area contributed by atoms with Crippen LogP contribution in [0.15, 0.2) is 18.2 Å². The molecule has 2 saturated carbocycles. The Balaban J connectivity index is 1.74. The summed E-state index contributed by atoms with van der Waals surface area (Å²) in [5.41, 5.74) is 2.51. The number of benzene rings is 1. The van der Waals surface area contributed by atoms with E-state index in [4.69, 9.17) is 0 Å². The van der Waals surface area contributed by atoms with Crippen LogP contribution in [0.1, 0.15) is 36.8 Å². The Bertz CT molecular complexity index is 724. The summed E-state index contributed by atoms with van der Waals surface area (Å²) in [6.07, 6.45) is 5.85. The number of fused-ring (bicyclic) bond motifs is 2. The highest BCUT2D eigenvalue weighted by atomic mass is 32.2. The van der Waals surface area contributed by atoms with Crippen LogP contribution in [-0.2, 0) is 14.8 Å². The summed E-state index contributed by atoms with van der Waals surface area (Å²) in [6, 6.07) is 5.81. The Morgan fingerprint density at radius 2 is 1.83 bits per heavy atom. The highest BCUT2D eigenvalue weighted by molar-refractivity contribution is 7.92. The average Bonchev–Trinajstić information content (AvgIpc) is 3.04. The number of hydrogen-bond donors (Lipinski definition) is 1. The lowest BCUT2D eigenvalue weighted by Gasteiger charge is -2.26. The van der Waals surface area contributed by atoms with Crippen molar-refractivity contribution in [2.45, 2.75) is 45.6 Å². The second-order valence-electron chi connectivity index (χ2n) is 7.46. The summed E-state index contributed by atoms with van der Waals surface area (Å²) in [4.78, 5) is 12.5. The molecule has 6 heteroatoms. The number of anilines is 1. The van der Waals surface area contributed by atoms with Gasteiger partial charge in [0.25, 0.3) is 0 Å². The second-order valence-corrected chi connectivity index (χ2v) is 9.37. The number of carbonyl (C=O) groups is 1. The van der Waals surface area contributed by atoms with Crippen LogP contribution >= 0.6 is 0 Å². The monoisotopic (exact) mass is 350 g/mol. The van der Waals surface area contributed by atoms with E-state index in [1.807, 2.05) is 19.9 Å². The second kappa shape index (κ2) is 6.39. The van der Waals surface area contributed by atoms with Gasteiger partial charge >= 0.3 is 0 Å². The van der Waals surface area contributed by atoms with Gasteiger partial charge in [0.05, 0.1) is 11.9 Å². The molecule has 1 aromatic rings. The molecule has 1 aromatic carbocycles. The van der Waals surface area contributed by atoms with Crippen molar-refractivity contribution in [2.75, 3.05) is 17.1 Å². The third-order valence-electron chi connectivity index (χ3n) is 5.27. The van der Waals surface area contributed by atoms with E-state index in [2.05, 4.69) is 5.32 Å². The van der Waals surface area contributed by atoms with Crippen molar-refractivity contribution in [1.29, 1.82) is 0 Å². The first-order valence-electron chi connectivity index (χ1n) is 8.58.